The van der Waals surface area contributed by atoms with Crippen LogP contribution in [0.25, 0.3) is 11.1 Å². The van der Waals surface area contributed by atoms with Crippen LogP contribution in [0.2, 0.25) is 0 Å². The first-order valence-electron chi connectivity index (χ1n) is 4.79. The SMILES string of the molecule is N#CCCC(=O)Nc1ccc2ncoc2c1. The molecule has 0 aliphatic rings. The first-order chi connectivity index (χ1) is 7.79. The lowest BCUT2D eigenvalue weighted by molar-refractivity contribution is -0.116. The summed E-state index contributed by atoms with van der Waals surface area (Å²) in [5.41, 5.74) is 2.01. The van der Waals surface area contributed by atoms with Gasteiger partial charge in [0.05, 0.1) is 6.07 Å². The maximum absolute atomic E-state index is 11.3. The van der Waals surface area contributed by atoms with Crippen LogP contribution in [0.5, 0.6) is 0 Å². The number of nitrogens with one attached hydrogen (secondary N) is 1. The highest BCUT2D eigenvalue weighted by molar-refractivity contribution is 5.92. The van der Waals surface area contributed by atoms with E-state index >= 15 is 0 Å². The lowest BCUT2D eigenvalue weighted by Gasteiger charge is -2.02. The third-order valence-electron chi connectivity index (χ3n) is 2.08. The van der Waals surface area contributed by atoms with E-state index in [9.17, 15) is 4.79 Å². The van der Waals surface area contributed by atoms with E-state index in [-0.39, 0.29) is 18.7 Å². The average molecular weight is 215 g/mol. The van der Waals surface area contributed by atoms with Gasteiger partial charge in [-0.15, -0.1) is 0 Å². The molecule has 0 aliphatic heterocycles. The Kier molecular flexibility index (Phi) is 2.83. The summed E-state index contributed by atoms with van der Waals surface area (Å²) in [6.45, 7) is 0. The van der Waals surface area contributed by atoms with Gasteiger partial charge in [0, 0.05) is 24.6 Å². The third kappa shape index (κ3) is 2.17. The number of benzene rings is 1. The number of carbonyl (C=O) groups excluding carboxylic acids is 1. The van der Waals surface area contributed by atoms with E-state index in [1.807, 2.05) is 6.07 Å². The van der Waals surface area contributed by atoms with Crippen LogP contribution in [0.15, 0.2) is 29.0 Å². The van der Waals surface area contributed by atoms with Crippen molar-refractivity contribution in [3.05, 3.63) is 24.6 Å². The van der Waals surface area contributed by atoms with Crippen LogP contribution >= 0.6 is 0 Å². The zero-order valence-electron chi connectivity index (χ0n) is 8.43. The Morgan fingerprint density at radius 2 is 2.44 bits per heavy atom. The fourth-order valence-electron chi connectivity index (χ4n) is 1.33. The Balaban J connectivity index is 2.09. The van der Waals surface area contributed by atoms with Crippen LogP contribution in [0, 0.1) is 11.3 Å². The number of anilines is 1. The molecule has 0 spiro atoms. The summed E-state index contributed by atoms with van der Waals surface area (Å²) in [6, 6.07) is 7.13. The number of nitriles is 1. The van der Waals surface area contributed by atoms with Gasteiger partial charge in [0.2, 0.25) is 5.91 Å². The fourth-order valence-corrected chi connectivity index (χ4v) is 1.33. The summed E-state index contributed by atoms with van der Waals surface area (Å²) < 4.78 is 5.11. The van der Waals surface area contributed by atoms with Crippen molar-refractivity contribution in [2.24, 2.45) is 0 Å². The molecule has 1 aromatic carbocycles. The Morgan fingerprint density at radius 1 is 1.56 bits per heavy atom. The molecule has 1 amide bonds. The van der Waals surface area contributed by atoms with Crippen LogP contribution in [0.4, 0.5) is 5.69 Å². The molecule has 80 valence electrons. The molecule has 1 heterocycles. The maximum Gasteiger partial charge on any atom is 0.225 e. The molecule has 0 fully saturated rings. The normalized spacial score (nSPS) is 9.94. The monoisotopic (exact) mass is 215 g/mol. The number of hydrogen-bond acceptors (Lipinski definition) is 4. The smallest absolute Gasteiger partial charge is 0.225 e. The minimum Gasteiger partial charge on any atom is -0.443 e. The maximum atomic E-state index is 11.3. The van der Waals surface area contributed by atoms with Crippen molar-refractivity contribution in [1.82, 2.24) is 4.98 Å². The van der Waals surface area contributed by atoms with Gasteiger partial charge < -0.3 is 9.73 Å². The lowest BCUT2D eigenvalue weighted by atomic mass is 10.2. The van der Waals surface area contributed by atoms with E-state index in [1.54, 1.807) is 18.2 Å². The van der Waals surface area contributed by atoms with Crippen molar-refractivity contribution in [1.29, 1.82) is 5.26 Å². The van der Waals surface area contributed by atoms with Gasteiger partial charge in [-0.3, -0.25) is 4.79 Å². The van der Waals surface area contributed by atoms with Crippen molar-refractivity contribution >= 4 is 22.7 Å². The second-order valence-corrected chi connectivity index (χ2v) is 3.24. The molecule has 0 radical (unpaired) electrons. The lowest BCUT2D eigenvalue weighted by Crippen LogP contribution is -2.10. The Hall–Kier alpha value is -2.35. The van der Waals surface area contributed by atoms with Gasteiger partial charge in [0.1, 0.15) is 5.52 Å². The molecule has 0 bridgehead atoms. The number of carbonyl (C=O) groups is 1. The number of rotatable bonds is 3. The molecular weight excluding hydrogens is 206 g/mol. The molecule has 2 rings (SSSR count). The van der Waals surface area contributed by atoms with E-state index in [4.69, 9.17) is 9.68 Å². The molecule has 0 unspecified atom stereocenters. The van der Waals surface area contributed by atoms with Gasteiger partial charge in [0.25, 0.3) is 0 Å². The van der Waals surface area contributed by atoms with E-state index in [1.165, 1.54) is 6.39 Å². The number of amides is 1. The molecule has 1 N–H and O–H groups in total. The summed E-state index contributed by atoms with van der Waals surface area (Å²) in [6.07, 6.45) is 1.77. The average Bonchev–Trinajstić information content (AvgIpc) is 2.73. The zero-order chi connectivity index (χ0) is 11.4. The second kappa shape index (κ2) is 4.45. The number of hydrogen-bond donors (Lipinski definition) is 1. The van der Waals surface area contributed by atoms with E-state index in [0.717, 1.165) is 5.52 Å². The quantitative estimate of drug-likeness (QED) is 0.849. The summed E-state index contributed by atoms with van der Waals surface area (Å²) >= 11 is 0. The van der Waals surface area contributed by atoms with Crippen molar-refractivity contribution in [2.75, 3.05) is 5.32 Å². The number of fused-ring (bicyclic) bond motifs is 1. The molecule has 5 heteroatoms. The van der Waals surface area contributed by atoms with E-state index in [0.29, 0.717) is 11.3 Å². The number of nitrogens with zero attached hydrogens (tertiary/aromatic N) is 2. The van der Waals surface area contributed by atoms with Crippen molar-refractivity contribution in [3.8, 4) is 6.07 Å². The van der Waals surface area contributed by atoms with Crippen molar-refractivity contribution < 1.29 is 9.21 Å². The van der Waals surface area contributed by atoms with E-state index in [2.05, 4.69) is 10.3 Å². The summed E-state index contributed by atoms with van der Waals surface area (Å²) in [4.78, 5) is 15.3. The van der Waals surface area contributed by atoms with Gasteiger partial charge in [-0.2, -0.15) is 5.26 Å². The summed E-state index contributed by atoms with van der Waals surface area (Å²) in [7, 11) is 0. The predicted molar refractivity (Wildman–Crippen MR) is 57.5 cm³/mol. The molecule has 0 aliphatic carbocycles. The van der Waals surface area contributed by atoms with Crippen LogP contribution in [-0.4, -0.2) is 10.9 Å². The van der Waals surface area contributed by atoms with Gasteiger partial charge in [0.15, 0.2) is 12.0 Å². The van der Waals surface area contributed by atoms with Crippen molar-refractivity contribution in [3.63, 3.8) is 0 Å². The predicted octanol–water partition coefficient (Wildman–Crippen LogP) is 2.07. The minimum atomic E-state index is -0.180. The summed E-state index contributed by atoms with van der Waals surface area (Å²) in [5, 5.41) is 11.0. The highest BCUT2D eigenvalue weighted by atomic mass is 16.3. The van der Waals surface area contributed by atoms with Crippen LogP contribution in [0.3, 0.4) is 0 Å². The van der Waals surface area contributed by atoms with Gasteiger partial charge in [-0.1, -0.05) is 0 Å². The topological polar surface area (TPSA) is 78.9 Å². The molecule has 5 nitrogen and oxygen atoms in total. The highest BCUT2D eigenvalue weighted by Crippen LogP contribution is 2.17. The summed E-state index contributed by atoms with van der Waals surface area (Å²) in [5.74, 6) is -0.180. The molecular formula is C11H9N3O2. The van der Waals surface area contributed by atoms with Crippen molar-refractivity contribution in [2.45, 2.75) is 12.8 Å². The molecule has 2 aromatic rings. The van der Waals surface area contributed by atoms with Crippen LogP contribution in [0.1, 0.15) is 12.8 Å². The highest BCUT2D eigenvalue weighted by Gasteiger charge is 2.04. The Labute approximate surface area is 91.7 Å². The number of aromatic nitrogens is 1. The minimum absolute atomic E-state index is 0.180. The van der Waals surface area contributed by atoms with Crippen LogP contribution in [-0.2, 0) is 4.79 Å². The number of oxazole rings is 1. The largest absolute Gasteiger partial charge is 0.443 e. The van der Waals surface area contributed by atoms with Gasteiger partial charge >= 0.3 is 0 Å². The standard InChI is InChI=1S/C11H9N3O2/c12-5-1-2-11(15)14-8-3-4-9-10(6-8)16-7-13-9/h3-4,6-7H,1-2H2,(H,14,15). The van der Waals surface area contributed by atoms with Gasteiger partial charge in [-0.25, -0.2) is 4.98 Å². The fraction of sp³-hybridized carbons (Fsp3) is 0.182. The van der Waals surface area contributed by atoms with E-state index < -0.39 is 0 Å². The molecule has 0 saturated carbocycles. The molecule has 0 saturated heterocycles. The molecule has 16 heavy (non-hydrogen) atoms. The van der Waals surface area contributed by atoms with Gasteiger partial charge in [-0.05, 0) is 12.1 Å². The molecule has 0 atom stereocenters. The molecule has 1 aromatic heterocycles. The Morgan fingerprint density at radius 3 is 3.25 bits per heavy atom. The zero-order valence-corrected chi connectivity index (χ0v) is 8.43. The van der Waals surface area contributed by atoms with Crippen LogP contribution < -0.4 is 5.32 Å². The third-order valence-corrected chi connectivity index (χ3v) is 2.08. The first-order valence-corrected chi connectivity index (χ1v) is 4.79. The second-order valence-electron chi connectivity index (χ2n) is 3.24. The first kappa shape index (κ1) is 10.2. The Bertz CT molecular complexity index is 554.